The zero-order chi connectivity index (χ0) is 9.35. The van der Waals surface area contributed by atoms with Gasteiger partial charge in [0.15, 0.2) is 0 Å². The Balaban J connectivity index is 2.93. The van der Waals surface area contributed by atoms with Crippen molar-refractivity contribution in [3.63, 3.8) is 0 Å². The lowest BCUT2D eigenvalue weighted by Crippen LogP contribution is -2.24. The van der Waals surface area contributed by atoms with Gasteiger partial charge in [-0.05, 0) is 22.0 Å². The Morgan fingerprint density at radius 3 is 2.42 bits per heavy atom. The molecule has 0 aliphatic rings. The van der Waals surface area contributed by atoms with Crippen LogP contribution in [0, 0.1) is 0 Å². The van der Waals surface area contributed by atoms with Crippen molar-refractivity contribution in [1.82, 2.24) is 4.57 Å². The van der Waals surface area contributed by atoms with Crippen LogP contribution in [0.4, 0.5) is 0 Å². The SMILES string of the molecule is O=C(n1ccc(Br)c1)C(Cl)(Cl)Cl. The van der Waals surface area contributed by atoms with Crippen LogP contribution in [0.5, 0.6) is 0 Å². The molecule has 0 bridgehead atoms. The van der Waals surface area contributed by atoms with Crippen LogP contribution in [0.3, 0.4) is 0 Å². The summed E-state index contributed by atoms with van der Waals surface area (Å²) in [5, 5.41) is 0. The molecule has 66 valence electrons. The molecule has 1 aromatic heterocycles. The monoisotopic (exact) mass is 289 g/mol. The van der Waals surface area contributed by atoms with Crippen molar-refractivity contribution < 1.29 is 4.79 Å². The van der Waals surface area contributed by atoms with Crippen molar-refractivity contribution in [3.8, 4) is 0 Å². The van der Waals surface area contributed by atoms with Crippen LogP contribution >= 0.6 is 50.7 Å². The van der Waals surface area contributed by atoms with Crippen LogP contribution in [0.15, 0.2) is 22.9 Å². The molecule has 1 rings (SSSR count). The first-order chi connectivity index (χ1) is 5.41. The van der Waals surface area contributed by atoms with E-state index in [0.29, 0.717) is 0 Å². The molecule has 0 unspecified atom stereocenters. The average Bonchev–Trinajstić information content (AvgIpc) is 2.32. The molecule has 0 atom stereocenters. The van der Waals surface area contributed by atoms with Gasteiger partial charge in [-0.15, -0.1) is 0 Å². The van der Waals surface area contributed by atoms with Gasteiger partial charge < -0.3 is 0 Å². The number of hydrogen-bond donors (Lipinski definition) is 0. The van der Waals surface area contributed by atoms with Crippen LogP contribution in [0.25, 0.3) is 0 Å². The van der Waals surface area contributed by atoms with Gasteiger partial charge in [0, 0.05) is 16.9 Å². The molecular weight excluding hydrogens is 288 g/mol. The Morgan fingerprint density at radius 1 is 1.50 bits per heavy atom. The van der Waals surface area contributed by atoms with E-state index in [9.17, 15) is 4.79 Å². The van der Waals surface area contributed by atoms with E-state index in [-0.39, 0.29) is 0 Å². The number of nitrogens with zero attached hydrogens (tertiary/aromatic N) is 1. The standard InChI is InChI=1S/C6H3BrCl3NO/c7-4-1-2-11(3-4)5(12)6(8,9)10/h1-3H. The van der Waals surface area contributed by atoms with Crippen molar-refractivity contribution in [3.05, 3.63) is 22.9 Å². The summed E-state index contributed by atoms with van der Waals surface area (Å²) in [5.74, 6) is -0.599. The third-order valence-electron chi connectivity index (χ3n) is 1.13. The van der Waals surface area contributed by atoms with E-state index >= 15 is 0 Å². The fourth-order valence-electron chi connectivity index (χ4n) is 0.643. The quantitative estimate of drug-likeness (QED) is 0.672. The zero-order valence-electron chi connectivity index (χ0n) is 5.60. The first-order valence-electron chi connectivity index (χ1n) is 2.86. The summed E-state index contributed by atoms with van der Waals surface area (Å²) in [6.45, 7) is 0. The van der Waals surface area contributed by atoms with Gasteiger partial charge in [-0.25, -0.2) is 0 Å². The van der Waals surface area contributed by atoms with Gasteiger partial charge in [0.05, 0.1) is 0 Å². The van der Waals surface area contributed by atoms with Crippen molar-refractivity contribution in [1.29, 1.82) is 0 Å². The van der Waals surface area contributed by atoms with Gasteiger partial charge in [-0.2, -0.15) is 0 Å². The van der Waals surface area contributed by atoms with Crippen molar-refractivity contribution in [2.75, 3.05) is 0 Å². The molecule has 0 saturated heterocycles. The van der Waals surface area contributed by atoms with E-state index < -0.39 is 9.70 Å². The number of aromatic nitrogens is 1. The molecule has 2 nitrogen and oxygen atoms in total. The highest BCUT2D eigenvalue weighted by Crippen LogP contribution is 2.28. The second-order valence-corrected chi connectivity index (χ2v) is 5.24. The van der Waals surface area contributed by atoms with Crippen LogP contribution in [-0.4, -0.2) is 14.3 Å². The highest BCUT2D eigenvalue weighted by Gasteiger charge is 2.31. The van der Waals surface area contributed by atoms with E-state index in [4.69, 9.17) is 34.8 Å². The van der Waals surface area contributed by atoms with Crippen LogP contribution in [0.1, 0.15) is 4.79 Å². The molecule has 0 saturated carbocycles. The molecular formula is C6H3BrCl3NO. The maximum Gasteiger partial charge on any atom is 0.282 e. The molecule has 0 radical (unpaired) electrons. The van der Waals surface area contributed by atoms with E-state index in [1.165, 1.54) is 17.0 Å². The number of carbonyl (C=O) groups excluding carboxylic acids is 1. The molecule has 0 aromatic carbocycles. The molecule has 0 spiro atoms. The van der Waals surface area contributed by atoms with Crippen LogP contribution in [-0.2, 0) is 0 Å². The van der Waals surface area contributed by atoms with Crippen molar-refractivity contribution in [2.45, 2.75) is 3.79 Å². The Hall–Kier alpha value is 0.300. The number of carbonyl (C=O) groups is 1. The van der Waals surface area contributed by atoms with E-state index in [2.05, 4.69) is 15.9 Å². The maximum absolute atomic E-state index is 11.2. The molecule has 0 fully saturated rings. The third kappa shape index (κ3) is 2.39. The number of alkyl halides is 3. The minimum absolute atomic E-state index is 0.599. The summed E-state index contributed by atoms with van der Waals surface area (Å²) >= 11 is 19.3. The minimum atomic E-state index is -1.90. The lowest BCUT2D eigenvalue weighted by Gasteiger charge is -2.08. The predicted molar refractivity (Wildman–Crippen MR) is 53.0 cm³/mol. The van der Waals surface area contributed by atoms with E-state index in [1.807, 2.05) is 0 Å². The lowest BCUT2D eigenvalue weighted by atomic mass is 10.6. The largest absolute Gasteiger partial charge is 0.290 e. The zero-order valence-corrected chi connectivity index (χ0v) is 9.45. The second-order valence-electron chi connectivity index (χ2n) is 2.04. The predicted octanol–water partition coefficient (Wildman–Crippen LogP) is 3.26. The number of hydrogen-bond acceptors (Lipinski definition) is 1. The van der Waals surface area contributed by atoms with Crippen LogP contribution in [0.2, 0.25) is 0 Å². The summed E-state index contributed by atoms with van der Waals surface area (Å²) in [5.41, 5.74) is 0. The molecule has 0 amide bonds. The topological polar surface area (TPSA) is 22.0 Å². The fourth-order valence-corrected chi connectivity index (χ4v) is 1.27. The third-order valence-corrected chi connectivity index (χ3v) is 2.09. The Labute approximate surface area is 92.5 Å². The minimum Gasteiger partial charge on any atom is -0.290 e. The second kappa shape index (κ2) is 3.58. The maximum atomic E-state index is 11.2. The highest BCUT2D eigenvalue weighted by atomic mass is 79.9. The summed E-state index contributed by atoms with van der Waals surface area (Å²) in [7, 11) is 0. The number of rotatable bonds is 0. The summed E-state index contributed by atoms with van der Waals surface area (Å²) in [6, 6.07) is 1.67. The van der Waals surface area contributed by atoms with Crippen LogP contribution < -0.4 is 0 Å². The molecule has 1 heterocycles. The van der Waals surface area contributed by atoms with Gasteiger partial charge >= 0.3 is 0 Å². The molecule has 0 aliphatic carbocycles. The molecule has 12 heavy (non-hydrogen) atoms. The van der Waals surface area contributed by atoms with E-state index in [0.717, 1.165) is 4.47 Å². The summed E-state index contributed by atoms with van der Waals surface area (Å²) < 4.78 is 0.0559. The Bertz CT molecular complexity index is 304. The fraction of sp³-hybridized carbons (Fsp3) is 0.167. The van der Waals surface area contributed by atoms with Gasteiger partial charge in [0.1, 0.15) is 0 Å². The highest BCUT2D eigenvalue weighted by molar-refractivity contribution is 9.10. The first kappa shape index (κ1) is 10.4. The van der Waals surface area contributed by atoms with Gasteiger partial charge in [0.2, 0.25) is 0 Å². The van der Waals surface area contributed by atoms with E-state index in [1.54, 1.807) is 6.07 Å². The Kier molecular flexibility index (Phi) is 3.10. The Morgan fingerprint density at radius 2 is 2.08 bits per heavy atom. The lowest BCUT2D eigenvalue weighted by molar-refractivity contribution is 0.0918. The first-order valence-corrected chi connectivity index (χ1v) is 4.79. The normalized spacial score (nSPS) is 11.7. The smallest absolute Gasteiger partial charge is 0.282 e. The van der Waals surface area contributed by atoms with Gasteiger partial charge in [-0.1, -0.05) is 34.8 Å². The summed E-state index contributed by atoms with van der Waals surface area (Å²) in [4.78, 5) is 11.2. The molecule has 0 aliphatic heterocycles. The summed E-state index contributed by atoms with van der Waals surface area (Å²) in [6.07, 6.45) is 3.03. The molecule has 0 N–H and O–H groups in total. The van der Waals surface area contributed by atoms with Gasteiger partial charge in [-0.3, -0.25) is 9.36 Å². The van der Waals surface area contributed by atoms with Crippen molar-refractivity contribution >= 4 is 56.6 Å². The molecule has 6 heteroatoms. The molecule has 1 aromatic rings. The van der Waals surface area contributed by atoms with Crippen molar-refractivity contribution in [2.24, 2.45) is 0 Å². The number of halogens is 4. The average molecular weight is 291 g/mol. The van der Waals surface area contributed by atoms with Gasteiger partial charge in [0.25, 0.3) is 9.70 Å².